The highest BCUT2D eigenvalue weighted by atomic mass is 16.5. The summed E-state index contributed by atoms with van der Waals surface area (Å²) in [5, 5.41) is 0. The van der Waals surface area contributed by atoms with Crippen molar-refractivity contribution < 1.29 is 9.53 Å². The fourth-order valence-electron chi connectivity index (χ4n) is 1.00. The average molecular weight is 183 g/mol. The van der Waals surface area contributed by atoms with E-state index in [0.29, 0.717) is 13.2 Å². The van der Waals surface area contributed by atoms with Crippen LogP contribution in [-0.4, -0.2) is 37.6 Å². The second-order valence-corrected chi connectivity index (χ2v) is 3.48. The van der Waals surface area contributed by atoms with Gasteiger partial charge in [0.05, 0.1) is 6.61 Å². The number of ether oxygens (including phenoxy) is 1. The van der Waals surface area contributed by atoms with Gasteiger partial charge < -0.3 is 9.64 Å². The van der Waals surface area contributed by atoms with Crippen LogP contribution in [0.3, 0.4) is 0 Å². The van der Waals surface area contributed by atoms with Crippen molar-refractivity contribution in [3.8, 4) is 0 Å². The maximum absolute atomic E-state index is 11.0. The zero-order valence-corrected chi connectivity index (χ0v) is 8.16. The number of rotatable bonds is 6. The van der Waals surface area contributed by atoms with E-state index >= 15 is 0 Å². The molecule has 0 aromatic carbocycles. The van der Waals surface area contributed by atoms with E-state index in [1.807, 2.05) is 0 Å². The van der Waals surface area contributed by atoms with E-state index < -0.39 is 0 Å². The molecule has 0 saturated heterocycles. The molecule has 0 heterocycles. The second-order valence-electron chi connectivity index (χ2n) is 3.48. The van der Waals surface area contributed by atoms with Crippen LogP contribution in [0.15, 0.2) is 12.7 Å². The Balaban J connectivity index is 1.96. The van der Waals surface area contributed by atoms with Gasteiger partial charge in [-0.2, -0.15) is 0 Å². The van der Waals surface area contributed by atoms with E-state index in [2.05, 4.69) is 6.58 Å². The van der Waals surface area contributed by atoms with Crippen LogP contribution in [0.5, 0.6) is 0 Å². The Morgan fingerprint density at radius 3 is 2.92 bits per heavy atom. The molecule has 1 saturated carbocycles. The van der Waals surface area contributed by atoms with Gasteiger partial charge in [-0.3, -0.25) is 4.79 Å². The molecule has 0 spiro atoms. The molecule has 0 N–H and O–H groups in total. The van der Waals surface area contributed by atoms with E-state index in [1.54, 1.807) is 11.9 Å². The van der Waals surface area contributed by atoms with Crippen LogP contribution in [-0.2, 0) is 9.53 Å². The van der Waals surface area contributed by atoms with E-state index in [4.69, 9.17) is 4.74 Å². The number of nitrogens with zero attached hydrogens (tertiary/aromatic N) is 1. The first kappa shape index (κ1) is 10.3. The maximum atomic E-state index is 11.0. The van der Waals surface area contributed by atoms with Crippen molar-refractivity contribution in [1.29, 1.82) is 0 Å². The lowest BCUT2D eigenvalue weighted by atomic mass is 10.4. The lowest BCUT2D eigenvalue weighted by molar-refractivity contribution is -0.125. The van der Waals surface area contributed by atoms with Crippen LogP contribution in [0, 0.1) is 5.92 Å². The summed E-state index contributed by atoms with van der Waals surface area (Å²) in [6.07, 6.45) is 3.93. The first-order chi connectivity index (χ1) is 6.24. The summed E-state index contributed by atoms with van der Waals surface area (Å²) in [5.41, 5.74) is 0. The SMILES string of the molecule is C=CC(=O)N(C)CCOCC1CC1. The molecule has 0 atom stereocenters. The summed E-state index contributed by atoms with van der Waals surface area (Å²) < 4.78 is 5.39. The lowest BCUT2D eigenvalue weighted by Gasteiger charge is -2.14. The normalized spacial score (nSPS) is 15.5. The molecule has 0 unspecified atom stereocenters. The topological polar surface area (TPSA) is 29.5 Å². The summed E-state index contributed by atoms with van der Waals surface area (Å²) in [4.78, 5) is 12.6. The van der Waals surface area contributed by atoms with Crippen LogP contribution < -0.4 is 0 Å². The van der Waals surface area contributed by atoms with E-state index in [1.165, 1.54) is 18.9 Å². The molecular weight excluding hydrogens is 166 g/mol. The van der Waals surface area contributed by atoms with Gasteiger partial charge in [-0.1, -0.05) is 6.58 Å². The minimum Gasteiger partial charge on any atom is -0.379 e. The predicted octanol–water partition coefficient (Wildman–Crippen LogP) is 1.06. The summed E-state index contributed by atoms with van der Waals surface area (Å²) >= 11 is 0. The Morgan fingerprint density at radius 2 is 2.38 bits per heavy atom. The highest BCUT2D eigenvalue weighted by molar-refractivity contribution is 5.86. The minimum atomic E-state index is -0.0463. The maximum Gasteiger partial charge on any atom is 0.245 e. The van der Waals surface area contributed by atoms with Crippen LogP contribution in [0.25, 0.3) is 0 Å². The molecule has 1 amide bonds. The number of carbonyl (C=O) groups is 1. The second kappa shape index (κ2) is 5.02. The predicted molar refractivity (Wildman–Crippen MR) is 51.4 cm³/mol. The van der Waals surface area contributed by atoms with Gasteiger partial charge in [-0.25, -0.2) is 0 Å². The largest absolute Gasteiger partial charge is 0.379 e. The first-order valence-electron chi connectivity index (χ1n) is 4.69. The monoisotopic (exact) mass is 183 g/mol. The number of likely N-dealkylation sites (N-methyl/N-ethyl adjacent to an activating group) is 1. The van der Waals surface area contributed by atoms with Gasteiger partial charge in [0, 0.05) is 20.2 Å². The van der Waals surface area contributed by atoms with Crippen molar-refractivity contribution >= 4 is 5.91 Å². The first-order valence-corrected chi connectivity index (χ1v) is 4.69. The number of carbonyl (C=O) groups excluding carboxylic acids is 1. The summed E-state index contributed by atoms with van der Waals surface area (Å²) in [5.74, 6) is 0.746. The Morgan fingerprint density at radius 1 is 1.69 bits per heavy atom. The number of amides is 1. The Kier molecular flexibility index (Phi) is 3.96. The Hall–Kier alpha value is -0.830. The third-order valence-corrected chi connectivity index (χ3v) is 2.17. The van der Waals surface area contributed by atoms with Crippen molar-refractivity contribution in [3.05, 3.63) is 12.7 Å². The zero-order valence-electron chi connectivity index (χ0n) is 8.16. The van der Waals surface area contributed by atoms with Gasteiger partial charge in [0.1, 0.15) is 0 Å². The van der Waals surface area contributed by atoms with Crippen LogP contribution in [0.4, 0.5) is 0 Å². The Bertz CT molecular complexity index is 187. The highest BCUT2D eigenvalue weighted by Gasteiger charge is 2.20. The Labute approximate surface area is 79.4 Å². The van der Waals surface area contributed by atoms with Gasteiger partial charge in [-0.05, 0) is 24.8 Å². The third kappa shape index (κ3) is 4.08. The summed E-state index contributed by atoms with van der Waals surface area (Å²) in [6, 6.07) is 0. The average Bonchev–Trinajstić information content (AvgIpc) is 2.94. The molecule has 0 aromatic rings. The molecule has 3 nitrogen and oxygen atoms in total. The van der Waals surface area contributed by atoms with Crippen LogP contribution in [0.2, 0.25) is 0 Å². The molecule has 1 aliphatic rings. The van der Waals surface area contributed by atoms with E-state index in [-0.39, 0.29) is 5.91 Å². The molecule has 74 valence electrons. The molecule has 0 aliphatic heterocycles. The third-order valence-electron chi connectivity index (χ3n) is 2.17. The minimum absolute atomic E-state index is 0.0463. The molecule has 13 heavy (non-hydrogen) atoms. The van der Waals surface area contributed by atoms with Crippen molar-refractivity contribution in [1.82, 2.24) is 4.90 Å². The smallest absolute Gasteiger partial charge is 0.245 e. The quantitative estimate of drug-likeness (QED) is 0.455. The zero-order chi connectivity index (χ0) is 9.68. The molecule has 0 radical (unpaired) electrons. The molecule has 3 heteroatoms. The van der Waals surface area contributed by atoms with Gasteiger partial charge >= 0.3 is 0 Å². The summed E-state index contributed by atoms with van der Waals surface area (Å²) in [6.45, 7) is 5.56. The van der Waals surface area contributed by atoms with Crippen molar-refractivity contribution in [2.45, 2.75) is 12.8 Å². The molecule has 1 fully saturated rings. The standard InChI is InChI=1S/C10H17NO2/c1-3-10(12)11(2)6-7-13-8-9-4-5-9/h3,9H,1,4-8H2,2H3. The van der Waals surface area contributed by atoms with Crippen LogP contribution in [0.1, 0.15) is 12.8 Å². The van der Waals surface area contributed by atoms with E-state index in [9.17, 15) is 4.79 Å². The van der Waals surface area contributed by atoms with Crippen LogP contribution >= 0.6 is 0 Å². The summed E-state index contributed by atoms with van der Waals surface area (Å²) in [7, 11) is 1.75. The van der Waals surface area contributed by atoms with Gasteiger partial charge in [-0.15, -0.1) is 0 Å². The van der Waals surface area contributed by atoms with Gasteiger partial charge in [0.15, 0.2) is 0 Å². The van der Waals surface area contributed by atoms with Crippen molar-refractivity contribution in [2.75, 3.05) is 26.8 Å². The fraction of sp³-hybridized carbons (Fsp3) is 0.700. The molecule has 1 aliphatic carbocycles. The lowest BCUT2D eigenvalue weighted by Crippen LogP contribution is -2.28. The van der Waals surface area contributed by atoms with Gasteiger partial charge in [0.25, 0.3) is 0 Å². The van der Waals surface area contributed by atoms with Crippen molar-refractivity contribution in [2.24, 2.45) is 5.92 Å². The highest BCUT2D eigenvalue weighted by Crippen LogP contribution is 2.28. The number of hydrogen-bond acceptors (Lipinski definition) is 2. The fourth-order valence-corrected chi connectivity index (χ4v) is 1.00. The van der Waals surface area contributed by atoms with Crippen molar-refractivity contribution in [3.63, 3.8) is 0 Å². The van der Waals surface area contributed by atoms with E-state index in [0.717, 1.165) is 12.5 Å². The van der Waals surface area contributed by atoms with Gasteiger partial charge in [0.2, 0.25) is 5.91 Å². The molecule has 0 aromatic heterocycles. The number of hydrogen-bond donors (Lipinski definition) is 0. The molecular formula is C10H17NO2. The molecule has 0 bridgehead atoms. The molecule has 1 rings (SSSR count).